The highest BCUT2D eigenvalue weighted by Gasteiger charge is 2.32. The summed E-state index contributed by atoms with van der Waals surface area (Å²) in [6.07, 6.45) is -3.30. The second-order valence-corrected chi connectivity index (χ2v) is 7.47. The van der Waals surface area contributed by atoms with Gasteiger partial charge in [0.25, 0.3) is 0 Å². The van der Waals surface area contributed by atoms with E-state index in [2.05, 4.69) is 10.3 Å². The first kappa shape index (κ1) is 24.0. The average Bonchev–Trinajstić information content (AvgIpc) is 3.07. The predicted octanol–water partition coefficient (Wildman–Crippen LogP) is 4.14. The number of halogens is 4. The van der Waals surface area contributed by atoms with Crippen molar-refractivity contribution < 1.29 is 17.9 Å². The van der Waals surface area contributed by atoms with Crippen LogP contribution in [0.3, 0.4) is 0 Å². The largest absolute Gasteiger partial charge is 0.416 e. The van der Waals surface area contributed by atoms with E-state index in [-0.39, 0.29) is 24.0 Å². The Morgan fingerprint density at radius 1 is 1.30 bits per heavy atom. The average molecular weight is 499 g/mol. The Hall–Kier alpha value is -1.03. The molecule has 0 amide bonds. The van der Waals surface area contributed by atoms with Gasteiger partial charge >= 0.3 is 6.18 Å². The standard InChI is InChI=1S/C19H28F3N3O.HI/c1-18(2,15-6-5-7-16(10-15)19(20,21)22)13-24-17(23-3)25(4)11-14-8-9-26-12-14;/h5-7,10,14H,8-9,11-13H2,1-4H3,(H,23,24);1H. The summed E-state index contributed by atoms with van der Waals surface area (Å²) in [6.45, 7) is 6.72. The summed E-state index contributed by atoms with van der Waals surface area (Å²) in [5, 5.41) is 3.29. The van der Waals surface area contributed by atoms with Crippen LogP contribution in [0, 0.1) is 5.92 Å². The van der Waals surface area contributed by atoms with Crippen LogP contribution < -0.4 is 5.32 Å². The van der Waals surface area contributed by atoms with Crippen LogP contribution in [0.2, 0.25) is 0 Å². The summed E-state index contributed by atoms with van der Waals surface area (Å²) >= 11 is 0. The quantitative estimate of drug-likeness (QED) is 0.376. The smallest absolute Gasteiger partial charge is 0.381 e. The Kier molecular flexibility index (Phi) is 8.85. The Balaban J connectivity index is 0.00000364. The van der Waals surface area contributed by atoms with E-state index in [0.29, 0.717) is 18.0 Å². The van der Waals surface area contributed by atoms with Gasteiger partial charge in [-0.2, -0.15) is 13.2 Å². The number of aliphatic imine (C=N–C) groups is 1. The molecule has 0 spiro atoms. The third kappa shape index (κ3) is 6.81. The number of rotatable bonds is 5. The minimum atomic E-state index is -4.33. The molecule has 0 bridgehead atoms. The molecule has 1 heterocycles. The summed E-state index contributed by atoms with van der Waals surface area (Å²) in [7, 11) is 3.67. The van der Waals surface area contributed by atoms with Crippen LogP contribution in [-0.2, 0) is 16.3 Å². The number of hydrogen-bond donors (Lipinski definition) is 1. The molecule has 1 atom stereocenters. The van der Waals surface area contributed by atoms with Crippen LogP contribution in [0.5, 0.6) is 0 Å². The van der Waals surface area contributed by atoms with Crippen LogP contribution in [0.15, 0.2) is 29.3 Å². The molecule has 8 heteroatoms. The van der Waals surface area contributed by atoms with Crippen molar-refractivity contribution in [1.82, 2.24) is 10.2 Å². The summed E-state index contributed by atoms with van der Waals surface area (Å²) in [5.74, 6) is 1.21. The molecule has 1 aromatic rings. The van der Waals surface area contributed by atoms with Gasteiger partial charge in [0.15, 0.2) is 5.96 Å². The van der Waals surface area contributed by atoms with Crippen molar-refractivity contribution in [2.24, 2.45) is 10.9 Å². The monoisotopic (exact) mass is 499 g/mol. The molecular formula is C19H29F3IN3O. The third-order valence-electron chi connectivity index (χ3n) is 4.79. The molecule has 1 fully saturated rings. The fraction of sp³-hybridized carbons (Fsp3) is 0.632. The van der Waals surface area contributed by atoms with Crippen LogP contribution in [-0.4, -0.2) is 51.3 Å². The molecule has 1 aliphatic rings. The molecule has 27 heavy (non-hydrogen) atoms. The second-order valence-electron chi connectivity index (χ2n) is 7.47. The summed E-state index contributed by atoms with van der Waals surface area (Å²) in [6, 6.07) is 5.52. The molecule has 1 unspecified atom stereocenters. The van der Waals surface area contributed by atoms with E-state index in [4.69, 9.17) is 4.74 Å². The van der Waals surface area contributed by atoms with Gasteiger partial charge in [0.05, 0.1) is 12.2 Å². The van der Waals surface area contributed by atoms with Gasteiger partial charge in [0, 0.05) is 45.1 Å². The summed E-state index contributed by atoms with van der Waals surface area (Å²) in [5.41, 5.74) is -0.456. The van der Waals surface area contributed by atoms with Crippen LogP contribution in [0.1, 0.15) is 31.4 Å². The number of ether oxygens (including phenoxy) is 1. The number of benzene rings is 1. The van der Waals surface area contributed by atoms with Crippen molar-refractivity contribution in [2.45, 2.75) is 31.9 Å². The second kappa shape index (κ2) is 9.95. The van der Waals surface area contributed by atoms with Crippen molar-refractivity contribution >= 4 is 29.9 Å². The van der Waals surface area contributed by atoms with Crippen LogP contribution in [0.4, 0.5) is 13.2 Å². The molecule has 0 aliphatic carbocycles. The van der Waals surface area contributed by atoms with E-state index in [1.807, 2.05) is 25.8 Å². The third-order valence-corrected chi connectivity index (χ3v) is 4.79. The molecule has 1 N–H and O–H groups in total. The topological polar surface area (TPSA) is 36.9 Å². The summed E-state index contributed by atoms with van der Waals surface area (Å²) < 4.78 is 44.3. The van der Waals surface area contributed by atoms with E-state index in [1.54, 1.807) is 13.1 Å². The van der Waals surface area contributed by atoms with E-state index in [1.165, 1.54) is 12.1 Å². The normalized spacial score (nSPS) is 18.2. The molecule has 2 rings (SSSR count). The first-order valence-corrected chi connectivity index (χ1v) is 8.81. The molecular weight excluding hydrogens is 470 g/mol. The lowest BCUT2D eigenvalue weighted by Crippen LogP contribution is -2.45. The van der Waals surface area contributed by atoms with Gasteiger partial charge in [-0.15, -0.1) is 24.0 Å². The zero-order valence-corrected chi connectivity index (χ0v) is 18.6. The number of guanidine groups is 1. The zero-order valence-electron chi connectivity index (χ0n) is 16.3. The molecule has 154 valence electrons. The minimum absolute atomic E-state index is 0. The van der Waals surface area contributed by atoms with E-state index in [0.717, 1.165) is 38.2 Å². The van der Waals surface area contributed by atoms with E-state index < -0.39 is 17.2 Å². The maximum Gasteiger partial charge on any atom is 0.416 e. The van der Waals surface area contributed by atoms with Crippen molar-refractivity contribution in [3.05, 3.63) is 35.4 Å². The van der Waals surface area contributed by atoms with Gasteiger partial charge in [0.1, 0.15) is 0 Å². The lowest BCUT2D eigenvalue weighted by Gasteiger charge is -2.30. The summed E-state index contributed by atoms with van der Waals surface area (Å²) in [4.78, 5) is 6.34. The van der Waals surface area contributed by atoms with Gasteiger partial charge in [0.2, 0.25) is 0 Å². The lowest BCUT2D eigenvalue weighted by atomic mass is 9.84. The van der Waals surface area contributed by atoms with Crippen molar-refractivity contribution in [1.29, 1.82) is 0 Å². The maximum absolute atomic E-state index is 13.0. The maximum atomic E-state index is 13.0. The number of alkyl halides is 3. The van der Waals surface area contributed by atoms with Crippen LogP contribution >= 0.6 is 24.0 Å². The van der Waals surface area contributed by atoms with Gasteiger partial charge < -0.3 is 15.0 Å². The fourth-order valence-electron chi connectivity index (χ4n) is 3.10. The van der Waals surface area contributed by atoms with Gasteiger partial charge in [-0.25, -0.2) is 0 Å². The van der Waals surface area contributed by atoms with Gasteiger partial charge in [-0.3, -0.25) is 4.99 Å². The van der Waals surface area contributed by atoms with Gasteiger partial charge in [-0.05, 0) is 18.1 Å². The van der Waals surface area contributed by atoms with Crippen molar-refractivity contribution in [2.75, 3.05) is 40.4 Å². The molecule has 4 nitrogen and oxygen atoms in total. The molecule has 0 radical (unpaired) electrons. The van der Waals surface area contributed by atoms with E-state index in [9.17, 15) is 13.2 Å². The molecule has 0 aromatic heterocycles. The van der Waals surface area contributed by atoms with Gasteiger partial charge in [-0.1, -0.05) is 32.0 Å². The SMILES string of the molecule is CN=C(NCC(C)(C)c1cccc(C(F)(F)F)c1)N(C)CC1CCOC1.I. The van der Waals surface area contributed by atoms with E-state index >= 15 is 0 Å². The van der Waals surface area contributed by atoms with Crippen LogP contribution in [0.25, 0.3) is 0 Å². The molecule has 1 saturated heterocycles. The number of nitrogens with zero attached hydrogens (tertiary/aromatic N) is 2. The Labute approximate surface area is 176 Å². The first-order valence-electron chi connectivity index (χ1n) is 8.81. The zero-order chi connectivity index (χ0) is 19.4. The molecule has 0 saturated carbocycles. The highest BCUT2D eigenvalue weighted by atomic mass is 127. The van der Waals surface area contributed by atoms with Crippen molar-refractivity contribution in [3.8, 4) is 0 Å². The lowest BCUT2D eigenvalue weighted by molar-refractivity contribution is -0.137. The number of hydrogen-bond acceptors (Lipinski definition) is 2. The number of nitrogens with one attached hydrogen (secondary N) is 1. The Morgan fingerprint density at radius 2 is 1.96 bits per heavy atom. The molecule has 1 aromatic carbocycles. The predicted molar refractivity (Wildman–Crippen MR) is 113 cm³/mol. The highest BCUT2D eigenvalue weighted by Crippen LogP contribution is 2.32. The molecule has 1 aliphatic heterocycles. The van der Waals surface area contributed by atoms with Crippen molar-refractivity contribution in [3.63, 3.8) is 0 Å². The minimum Gasteiger partial charge on any atom is -0.381 e. The fourth-order valence-corrected chi connectivity index (χ4v) is 3.10. The highest BCUT2D eigenvalue weighted by molar-refractivity contribution is 14.0. The first-order chi connectivity index (χ1) is 12.1. The Bertz CT molecular complexity index is 629. The Morgan fingerprint density at radius 3 is 2.52 bits per heavy atom.